The molecule has 0 N–H and O–H groups in total. The summed E-state index contributed by atoms with van der Waals surface area (Å²) in [5.41, 5.74) is 0. The summed E-state index contributed by atoms with van der Waals surface area (Å²) in [6, 6.07) is 0. The predicted octanol–water partition coefficient (Wildman–Crippen LogP) is 18.2. The molecule has 0 spiro atoms. The summed E-state index contributed by atoms with van der Waals surface area (Å²) in [7, 11) is 0. The second-order valence-electron chi connectivity index (χ2n) is 18.1. The molecule has 0 saturated carbocycles. The minimum Gasteiger partial charge on any atom is -0.462 e. The molecule has 0 fully saturated rings. The minimum absolute atomic E-state index is 0.0987. The molecule has 0 aromatic heterocycles. The second kappa shape index (κ2) is 53.5. The molecular formula is C59H102O6. The summed E-state index contributed by atoms with van der Waals surface area (Å²) in [4.78, 5) is 38.0. The fourth-order valence-electron chi connectivity index (χ4n) is 7.60. The van der Waals surface area contributed by atoms with Gasteiger partial charge in [-0.1, -0.05) is 241 Å². The van der Waals surface area contributed by atoms with E-state index in [0.29, 0.717) is 19.3 Å². The normalized spacial score (nSPS) is 12.6. The lowest BCUT2D eigenvalue weighted by Gasteiger charge is -2.18. The lowest BCUT2D eigenvalue weighted by Crippen LogP contribution is -2.30. The molecule has 0 heterocycles. The number of allylic oxidation sites excluding steroid dienone is 12. The third-order valence-corrected chi connectivity index (χ3v) is 11.7. The summed E-state index contributed by atoms with van der Waals surface area (Å²) < 4.78 is 16.7. The van der Waals surface area contributed by atoms with Crippen molar-refractivity contribution in [3.8, 4) is 0 Å². The lowest BCUT2D eigenvalue weighted by atomic mass is 10.0. The molecule has 0 saturated heterocycles. The van der Waals surface area contributed by atoms with Crippen LogP contribution in [0.15, 0.2) is 72.9 Å². The Bertz CT molecular complexity index is 1230. The summed E-state index contributed by atoms with van der Waals surface area (Å²) >= 11 is 0. The standard InChI is InChI=1S/C59H102O6/c1-4-7-10-13-16-19-22-24-26-28-29-30-32-33-35-37-40-43-46-49-52-58(61)64-55-56(54-63-57(60)51-48-45-42-39-21-18-15-12-9-6-3)65-59(62)53-50-47-44-41-38-36-34-31-27-25-23-20-17-14-11-8-5-2/h8,11-12,15,17,20,25,27,34,36,41,44,56H,4-7,9-10,13-14,16,18-19,21-24,26,28-33,35,37-40,42-43,45-55H2,1-3H3/b11-8-,15-12-,20-17-,27-25-,36-34-,44-41-. The molecule has 0 aliphatic carbocycles. The average Bonchev–Trinajstić information content (AvgIpc) is 3.30. The highest BCUT2D eigenvalue weighted by atomic mass is 16.6. The zero-order chi connectivity index (χ0) is 47.2. The number of hydrogen-bond acceptors (Lipinski definition) is 6. The summed E-state index contributed by atoms with van der Waals surface area (Å²) in [5.74, 6) is -0.963. The average molecular weight is 907 g/mol. The van der Waals surface area contributed by atoms with Gasteiger partial charge in [0.1, 0.15) is 13.2 Å². The molecule has 0 aliphatic heterocycles. The number of unbranched alkanes of at least 4 members (excludes halogenated alkanes) is 26. The highest BCUT2D eigenvalue weighted by molar-refractivity contribution is 5.71. The van der Waals surface area contributed by atoms with Crippen LogP contribution in [0.1, 0.15) is 265 Å². The van der Waals surface area contributed by atoms with E-state index in [2.05, 4.69) is 93.7 Å². The zero-order valence-corrected chi connectivity index (χ0v) is 42.7. The van der Waals surface area contributed by atoms with E-state index in [4.69, 9.17) is 14.2 Å². The summed E-state index contributed by atoms with van der Waals surface area (Å²) in [6.07, 6.45) is 67.6. The molecule has 0 radical (unpaired) electrons. The maximum absolute atomic E-state index is 12.8. The Labute approximate surface area is 402 Å². The third kappa shape index (κ3) is 51.7. The van der Waals surface area contributed by atoms with Crippen molar-refractivity contribution in [3.05, 3.63) is 72.9 Å². The van der Waals surface area contributed by atoms with Crippen LogP contribution in [-0.2, 0) is 28.6 Å². The van der Waals surface area contributed by atoms with Crippen molar-refractivity contribution in [3.63, 3.8) is 0 Å². The number of carbonyl (C=O) groups is 3. The van der Waals surface area contributed by atoms with Gasteiger partial charge in [0.05, 0.1) is 0 Å². The Kier molecular flexibility index (Phi) is 50.9. The lowest BCUT2D eigenvalue weighted by molar-refractivity contribution is -0.167. The number of esters is 3. The van der Waals surface area contributed by atoms with Crippen LogP contribution in [0, 0.1) is 0 Å². The van der Waals surface area contributed by atoms with Crippen molar-refractivity contribution in [1.82, 2.24) is 0 Å². The first-order valence-corrected chi connectivity index (χ1v) is 27.4. The highest BCUT2D eigenvalue weighted by Crippen LogP contribution is 2.16. The van der Waals surface area contributed by atoms with Gasteiger partial charge in [0.2, 0.25) is 0 Å². The number of hydrogen-bond donors (Lipinski definition) is 0. The van der Waals surface area contributed by atoms with Crippen LogP contribution in [0.5, 0.6) is 0 Å². The van der Waals surface area contributed by atoms with Crippen molar-refractivity contribution < 1.29 is 28.6 Å². The minimum atomic E-state index is -0.806. The van der Waals surface area contributed by atoms with E-state index in [1.54, 1.807) is 0 Å². The van der Waals surface area contributed by atoms with Crippen molar-refractivity contribution >= 4 is 17.9 Å². The molecule has 0 amide bonds. The Morgan fingerprint density at radius 1 is 0.323 bits per heavy atom. The van der Waals surface area contributed by atoms with Gasteiger partial charge in [-0.25, -0.2) is 0 Å². The molecular weight excluding hydrogens is 805 g/mol. The van der Waals surface area contributed by atoms with Gasteiger partial charge in [-0.15, -0.1) is 0 Å². The van der Waals surface area contributed by atoms with Crippen LogP contribution in [0.4, 0.5) is 0 Å². The number of ether oxygens (including phenoxy) is 3. The second-order valence-corrected chi connectivity index (χ2v) is 18.1. The first-order valence-electron chi connectivity index (χ1n) is 27.4. The summed E-state index contributed by atoms with van der Waals surface area (Å²) in [6.45, 7) is 6.43. The molecule has 0 aromatic carbocycles. The van der Waals surface area contributed by atoms with Gasteiger partial charge in [0, 0.05) is 19.3 Å². The molecule has 0 bridgehead atoms. The SMILES string of the molecule is CC/C=C\C/C=C\C/C=C\C/C=C\C/C=C\CCCC(=O)OC(COC(=O)CCCCCCC/C=C\CCC)COC(=O)CCCCCCCCCCCCCCCCCCCCCC. The maximum atomic E-state index is 12.8. The topological polar surface area (TPSA) is 78.9 Å². The largest absolute Gasteiger partial charge is 0.462 e. The Balaban J connectivity index is 4.37. The van der Waals surface area contributed by atoms with Crippen LogP contribution in [-0.4, -0.2) is 37.2 Å². The molecule has 0 aliphatic rings. The molecule has 6 heteroatoms. The van der Waals surface area contributed by atoms with E-state index < -0.39 is 6.10 Å². The van der Waals surface area contributed by atoms with Gasteiger partial charge < -0.3 is 14.2 Å². The van der Waals surface area contributed by atoms with E-state index in [9.17, 15) is 14.4 Å². The van der Waals surface area contributed by atoms with Crippen molar-refractivity contribution in [2.24, 2.45) is 0 Å². The predicted molar refractivity (Wildman–Crippen MR) is 279 cm³/mol. The first kappa shape index (κ1) is 61.9. The molecule has 65 heavy (non-hydrogen) atoms. The van der Waals surface area contributed by atoms with E-state index in [0.717, 1.165) is 96.3 Å². The van der Waals surface area contributed by atoms with Gasteiger partial charge >= 0.3 is 17.9 Å². The van der Waals surface area contributed by atoms with E-state index >= 15 is 0 Å². The third-order valence-electron chi connectivity index (χ3n) is 11.7. The van der Waals surface area contributed by atoms with Crippen LogP contribution in [0.2, 0.25) is 0 Å². The molecule has 6 nitrogen and oxygen atoms in total. The van der Waals surface area contributed by atoms with Crippen molar-refractivity contribution in [2.45, 2.75) is 271 Å². The smallest absolute Gasteiger partial charge is 0.306 e. The Morgan fingerprint density at radius 3 is 1.06 bits per heavy atom. The van der Waals surface area contributed by atoms with Crippen LogP contribution in [0.3, 0.4) is 0 Å². The number of carbonyl (C=O) groups excluding carboxylic acids is 3. The fraction of sp³-hybridized carbons (Fsp3) is 0.746. The van der Waals surface area contributed by atoms with Crippen molar-refractivity contribution in [2.75, 3.05) is 13.2 Å². The molecule has 1 atom stereocenters. The van der Waals surface area contributed by atoms with E-state index in [-0.39, 0.29) is 37.5 Å². The van der Waals surface area contributed by atoms with Crippen LogP contribution in [0.25, 0.3) is 0 Å². The van der Waals surface area contributed by atoms with Gasteiger partial charge in [0.25, 0.3) is 0 Å². The van der Waals surface area contributed by atoms with Crippen LogP contribution < -0.4 is 0 Å². The Morgan fingerprint density at radius 2 is 0.646 bits per heavy atom. The van der Waals surface area contributed by atoms with Gasteiger partial charge in [-0.2, -0.15) is 0 Å². The van der Waals surface area contributed by atoms with Crippen molar-refractivity contribution in [1.29, 1.82) is 0 Å². The van der Waals surface area contributed by atoms with Crippen LogP contribution >= 0.6 is 0 Å². The Hall–Kier alpha value is -3.15. The van der Waals surface area contributed by atoms with Gasteiger partial charge in [-0.05, 0) is 77.0 Å². The molecule has 374 valence electrons. The first-order chi connectivity index (χ1) is 32.0. The molecule has 0 aromatic rings. The van der Waals surface area contributed by atoms with E-state index in [1.807, 2.05) is 0 Å². The zero-order valence-electron chi connectivity index (χ0n) is 42.7. The summed E-state index contributed by atoms with van der Waals surface area (Å²) in [5, 5.41) is 0. The monoisotopic (exact) mass is 907 g/mol. The maximum Gasteiger partial charge on any atom is 0.306 e. The molecule has 0 rings (SSSR count). The molecule has 1 unspecified atom stereocenters. The van der Waals surface area contributed by atoms with Gasteiger partial charge in [-0.3, -0.25) is 14.4 Å². The quantitative estimate of drug-likeness (QED) is 0.0262. The fourth-order valence-corrected chi connectivity index (χ4v) is 7.60. The van der Waals surface area contributed by atoms with Gasteiger partial charge in [0.15, 0.2) is 6.10 Å². The number of rotatable bonds is 49. The highest BCUT2D eigenvalue weighted by Gasteiger charge is 2.19. The van der Waals surface area contributed by atoms with E-state index in [1.165, 1.54) is 122 Å².